The SMILES string of the molecule is CCn1cc[n+](C)c1.CO.[Br-]. The Morgan fingerprint density at radius 2 is 2.00 bits per heavy atom. The first-order valence-electron chi connectivity index (χ1n) is 3.28. The molecule has 66 valence electrons. The van der Waals surface area contributed by atoms with Crippen LogP contribution in [0.3, 0.4) is 0 Å². The van der Waals surface area contributed by atoms with Crippen molar-refractivity contribution >= 4 is 0 Å². The Labute approximate surface area is 78.1 Å². The minimum absolute atomic E-state index is 0. The maximum atomic E-state index is 7.00. The molecule has 0 aliphatic rings. The average Bonchev–Trinajstić information content (AvgIpc) is 2.40. The fraction of sp³-hybridized carbons (Fsp3) is 0.571. The summed E-state index contributed by atoms with van der Waals surface area (Å²) >= 11 is 0. The van der Waals surface area contributed by atoms with E-state index in [1.165, 1.54) is 0 Å². The molecule has 4 heteroatoms. The third-order valence-corrected chi connectivity index (χ3v) is 1.19. The number of rotatable bonds is 1. The molecule has 1 aromatic heterocycles. The number of aryl methyl sites for hydroxylation is 2. The van der Waals surface area contributed by atoms with Crippen LogP contribution in [0.4, 0.5) is 0 Å². The van der Waals surface area contributed by atoms with Crippen LogP contribution in [0.2, 0.25) is 0 Å². The van der Waals surface area contributed by atoms with E-state index in [1.54, 1.807) is 0 Å². The van der Waals surface area contributed by atoms with E-state index in [1.807, 2.05) is 17.8 Å². The summed E-state index contributed by atoms with van der Waals surface area (Å²) in [6, 6.07) is 0. The summed E-state index contributed by atoms with van der Waals surface area (Å²) in [7, 11) is 3.02. The standard InChI is InChI=1S/C6H11N2.CH4O.BrH/c1-3-8-5-4-7(2)6-8;1-2;/h4-6H,3H2,1-2H3;2H,1H3;1H/q+1;;/p-1. The van der Waals surface area contributed by atoms with Gasteiger partial charge in [0.2, 0.25) is 6.33 Å². The molecule has 3 nitrogen and oxygen atoms in total. The van der Waals surface area contributed by atoms with E-state index in [0.29, 0.717) is 0 Å². The van der Waals surface area contributed by atoms with Crippen molar-refractivity contribution in [1.82, 2.24) is 4.57 Å². The Balaban J connectivity index is 0. The second-order valence-corrected chi connectivity index (χ2v) is 1.91. The van der Waals surface area contributed by atoms with Crippen LogP contribution < -0.4 is 21.5 Å². The van der Waals surface area contributed by atoms with Gasteiger partial charge in [0.05, 0.1) is 13.6 Å². The molecule has 1 heterocycles. The van der Waals surface area contributed by atoms with Crippen molar-refractivity contribution in [3.63, 3.8) is 0 Å². The molecule has 0 bridgehead atoms. The first-order chi connectivity index (χ1) is 4.83. The van der Waals surface area contributed by atoms with Crippen molar-refractivity contribution in [2.24, 2.45) is 7.05 Å². The van der Waals surface area contributed by atoms with Gasteiger partial charge in [-0.25, -0.2) is 9.13 Å². The van der Waals surface area contributed by atoms with Crippen LogP contribution in [0.15, 0.2) is 18.7 Å². The van der Waals surface area contributed by atoms with E-state index in [0.717, 1.165) is 13.7 Å². The van der Waals surface area contributed by atoms with Crippen LogP contribution >= 0.6 is 0 Å². The second-order valence-electron chi connectivity index (χ2n) is 1.91. The molecular formula is C7H15BrN2O. The molecule has 0 aliphatic heterocycles. The van der Waals surface area contributed by atoms with Crippen molar-refractivity contribution in [3.8, 4) is 0 Å². The van der Waals surface area contributed by atoms with E-state index in [4.69, 9.17) is 5.11 Å². The van der Waals surface area contributed by atoms with E-state index < -0.39 is 0 Å². The lowest BCUT2D eigenvalue weighted by Crippen LogP contribution is -3.00. The molecule has 0 radical (unpaired) electrons. The van der Waals surface area contributed by atoms with Crippen molar-refractivity contribution < 1.29 is 26.7 Å². The third kappa shape index (κ3) is 4.98. The molecule has 0 spiro atoms. The van der Waals surface area contributed by atoms with Crippen LogP contribution in [-0.4, -0.2) is 16.8 Å². The lowest BCUT2D eigenvalue weighted by atomic mass is 10.7. The fourth-order valence-electron chi connectivity index (χ4n) is 0.689. The molecular weight excluding hydrogens is 208 g/mol. The number of aromatic nitrogens is 2. The van der Waals surface area contributed by atoms with Gasteiger partial charge in [-0.2, -0.15) is 0 Å². The largest absolute Gasteiger partial charge is 1.00 e. The van der Waals surface area contributed by atoms with E-state index in [9.17, 15) is 0 Å². The summed E-state index contributed by atoms with van der Waals surface area (Å²) in [4.78, 5) is 0. The molecule has 11 heavy (non-hydrogen) atoms. The van der Waals surface area contributed by atoms with Gasteiger partial charge < -0.3 is 22.1 Å². The third-order valence-electron chi connectivity index (χ3n) is 1.19. The van der Waals surface area contributed by atoms with Crippen molar-refractivity contribution in [1.29, 1.82) is 0 Å². The second kappa shape index (κ2) is 7.75. The molecule has 0 saturated carbocycles. The number of halogens is 1. The molecule has 1 aromatic rings. The first-order valence-corrected chi connectivity index (χ1v) is 3.28. The molecule has 0 amide bonds. The molecule has 0 unspecified atom stereocenters. The Morgan fingerprint density at radius 1 is 1.45 bits per heavy atom. The van der Waals surface area contributed by atoms with Crippen molar-refractivity contribution in [2.45, 2.75) is 13.5 Å². The summed E-state index contributed by atoms with van der Waals surface area (Å²) in [5.41, 5.74) is 0. The Bertz CT molecular complexity index is 177. The van der Waals surface area contributed by atoms with E-state index >= 15 is 0 Å². The summed E-state index contributed by atoms with van der Waals surface area (Å²) < 4.78 is 4.16. The normalized spacial score (nSPS) is 7.64. The minimum atomic E-state index is 0. The van der Waals surface area contributed by atoms with Gasteiger partial charge in [-0.15, -0.1) is 0 Å². The van der Waals surface area contributed by atoms with Gasteiger partial charge in [0.25, 0.3) is 0 Å². The maximum absolute atomic E-state index is 7.00. The minimum Gasteiger partial charge on any atom is -1.00 e. The van der Waals surface area contributed by atoms with Gasteiger partial charge in [0.1, 0.15) is 12.4 Å². The predicted octanol–water partition coefficient (Wildman–Crippen LogP) is -3.05. The van der Waals surface area contributed by atoms with Gasteiger partial charge in [0.15, 0.2) is 0 Å². The zero-order valence-corrected chi connectivity index (χ0v) is 8.74. The first kappa shape index (κ1) is 13.3. The Hall–Kier alpha value is -0.350. The van der Waals surface area contributed by atoms with Crippen LogP contribution in [0.5, 0.6) is 0 Å². The maximum Gasteiger partial charge on any atom is 0.243 e. The van der Waals surface area contributed by atoms with Crippen molar-refractivity contribution in [2.75, 3.05) is 7.11 Å². The molecule has 0 aromatic carbocycles. The summed E-state index contributed by atoms with van der Waals surface area (Å²) in [5, 5.41) is 7.00. The summed E-state index contributed by atoms with van der Waals surface area (Å²) in [5.74, 6) is 0. The van der Waals surface area contributed by atoms with Gasteiger partial charge in [-0.05, 0) is 6.92 Å². The van der Waals surface area contributed by atoms with Crippen LogP contribution in [-0.2, 0) is 13.6 Å². The van der Waals surface area contributed by atoms with Crippen LogP contribution in [0.25, 0.3) is 0 Å². The highest BCUT2D eigenvalue weighted by molar-refractivity contribution is 4.63. The number of aliphatic hydroxyl groups is 1. The quantitative estimate of drug-likeness (QED) is 0.503. The lowest BCUT2D eigenvalue weighted by molar-refractivity contribution is -0.671. The number of nitrogens with zero attached hydrogens (tertiary/aromatic N) is 2. The Morgan fingerprint density at radius 3 is 2.18 bits per heavy atom. The molecule has 0 atom stereocenters. The average molecular weight is 223 g/mol. The highest BCUT2D eigenvalue weighted by Gasteiger charge is 1.92. The fourth-order valence-corrected chi connectivity index (χ4v) is 0.689. The molecule has 1 N–H and O–H groups in total. The smallest absolute Gasteiger partial charge is 0.243 e. The molecule has 0 aliphatic carbocycles. The van der Waals surface area contributed by atoms with Gasteiger partial charge >= 0.3 is 0 Å². The predicted molar refractivity (Wildman–Crippen MR) is 39.4 cm³/mol. The molecule has 0 saturated heterocycles. The lowest BCUT2D eigenvalue weighted by Gasteiger charge is -1.81. The van der Waals surface area contributed by atoms with Gasteiger partial charge in [0, 0.05) is 7.11 Å². The summed E-state index contributed by atoms with van der Waals surface area (Å²) in [6.07, 6.45) is 6.14. The molecule has 0 fully saturated rings. The van der Waals surface area contributed by atoms with Crippen LogP contribution in [0.1, 0.15) is 6.92 Å². The topological polar surface area (TPSA) is 29.0 Å². The van der Waals surface area contributed by atoms with E-state index in [-0.39, 0.29) is 17.0 Å². The van der Waals surface area contributed by atoms with Gasteiger partial charge in [-0.3, -0.25) is 0 Å². The highest BCUT2D eigenvalue weighted by Crippen LogP contribution is 1.79. The highest BCUT2D eigenvalue weighted by atomic mass is 79.9. The Kier molecular flexibility index (Phi) is 9.34. The number of hydrogen-bond acceptors (Lipinski definition) is 1. The molecule has 1 rings (SSSR count). The van der Waals surface area contributed by atoms with Crippen molar-refractivity contribution in [3.05, 3.63) is 18.7 Å². The monoisotopic (exact) mass is 222 g/mol. The van der Waals surface area contributed by atoms with Crippen LogP contribution in [0, 0.1) is 0 Å². The van der Waals surface area contributed by atoms with Gasteiger partial charge in [-0.1, -0.05) is 0 Å². The number of aliphatic hydroxyl groups excluding tert-OH is 1. The zero-order chi connectivity index (χ0) is 7.98. The zero-order valence-electron chi connectivity index (χ0n) is 7.16. The number of hydrogen-bond donors (Lipinski definition) is 1. The van der Waals surface area contributed by atoms with E-state index in [2.05, 4.69) is 24.0 Å². The summed E-state index contributed by atoms with van der Waals surface area (Å²) in [6.45, 7) is 3.18. The number of imidazole rings is 1.